The Kier molecular flexibility index (Phi) is 4.68. The van der Waals surface area contributed by atoms with Gasteiger partial charge in [0.25, 0.3) is 0 Å². The summed E-state index contributed by atoms with van der Waals surface area (Å²) in [5, 5.41) is 0. The van der Waals surface area contributed by atoms with Gasteiger partial charge in [0.05, 0.1) is 5.54 Å². The molecular formula is C22H24N2. The molecule has 2 nitrogen and oxygen atoms in total. The first-order chi connectivity index (χ1) is 11.6. The summed E-state index contributed by atoms with van der Waals surface area (Å²) in [5.74, 6) is 0. The lowest BCUT2D eigenvalue weighted by Gasteiger charge is -2.46. The molecule has 0 spiro atoms. The average molecular weight is 316 g/mol. The van der Waals surface area contributed by atoms with E-state index in [0.29, 0.717) is 0 Å². The Morgan fingerprint density at radius 2 is 1.08 bits per heavy atom. The fraction of sp³-hybridized carbons (Fsp3) is 0.182. The van der Waals surface area contributed by atoms with Crippen LogP contribution in [0.1, 0.15) is 19.4 Å². The summed E-state index contributed by atoms with van der Waals surface area (Å²) < 4.78 is 0. The Morgan fingerprint density at radius 3 is 1.46 bits per heavy atom. The quantitative estimate of drug-likeness (QED) is 0.710. The standard InChI is InChI=1S/C22H24N2/c1-18(23)22(2,19-12-6-3-7-13-19)24(20-14-8-4-9-15-20)21-16-10-5-11-17-21/h3-18H,23H2,1-2H3. The normalized spacial score (nSPS) is 14.6. The highest BCUT2D eigenvalue weighted by Crippen LogP contribution is 2.41. The van der Waals surface area contributed by atoms with E-state index < -0.39 is 0 Å². The van der Waals surface area contributed by atoms with Crippen molar-refractivity contribution in [3.8, 4) is 0 Å². The minimum absolute atomic E-state index is 0.0692. The van der Waals surface area contributed by atoms with Crippen molar-refractivity contribution >= 4 is 11.4 Å². The topological polar surface area (TPSA) is 29.3 Å². The molecule has 0 aliphatic rings. The molecule has 3 rings (SSSR count). The van der Waals surface area contributed by atoms with Gasteiger partial charge in [-0.2, -0.15) is 0 Å². The van der Waals surface area contributed by atoms with Crippen molar-refractivity contribution < 1.29 is 0 Å². The van der Waals surface area contributed by atoms with Crippen LogP contribution in [0.4, 0.5) is 11.4 Å². The third-order valence-electron chi connectivity index (χ3n) is 4.74. The summed E-state index contributed by atoms with van der Waals surface area (Å²) in [5.41, 5.74) is 9.63. The predicted octanol–water partition coefficient (Wildman–Crippen LogP) is 5.09. The van der Waals surface area contributed by atoms with E-state index in [1.807, 2.05) is 18.2 Å². The molecule has 0 saturated carbocycles. The van der Waals surface area contributed by atoms with E-state index in [4.69, 9.17) is 5.73 Å². The van der Waals surface area contributed by atoms with Crippen molar-refractivity contribution in [3.05, 3.63) is 96.6 Å². The summed E-state index contributed by atoms with van der Waals surface area (Å²) in [4.78, 5) is 2.34. The van der Waals surface area contributed by atoms with Crippen LogP contribution < -0.4 is 10.6 Å². The van der Waals surface area contributed by atoms with Crippen molar-refractivity contribution in [3.63, 3.8) is 0 Å². The van der Waals surface area contributed by atoms with E-state index in [1.54, 1.807) is 0 Å². The van der Waals surface area contributed by atoms with Gasteiger partial charge in [0.1, 0.15) is 0 Å². The Labute approximate surface area is 144 Å². The second-order valence-electron chi connectivity index (χ2n) is 6.31. The molecule has 24 heavy (non-hydrogen) atoms. The van der Waals surface area contributed by atoms with E-state index in [1.165, 1.54) is 5.56 Å². The van der Waals surface area contributed by atoms with Crippen molar-refractivity contribution in [2.75, 3.05) is 4.90 Å². The van der Waals surface area contributed by atoms with Gasteiger partial charge in [0.15, 0.2) is 0 Å². The monoisotopic (exact) mass is 316 g/mol. The molecule has 0 heterocycles. The first kappa shape index (κ1) is 16.3. The number of benzene rings is 3. The number of nitrogens with two attached hydrogens (primary N) is 1. The first-order valence-corrected chi connectivity index (χ1v) is 8.35. The van der Waals surface area contributed by atoms with Gasteiger partial charge in [-0.25, -0.2) is 0 Å². The molecule has 2 unspecified atom stereocenters. The Hall–Kier alpha value is -2.58. The molecular weight excluding hydrogens is 292 g/mol. The molecule has 3 aromatic rings. The van der Waals surface area contributed by atoms with E-state index in [0.717, 1.165) is 11.4 Å². The maximum Gasteiger partial charge on any atom is 0.0822 e. The van der Waals surface area contributed by atoms with Crippen LogP contribution in [0.25, 0.3) is 0 Å². The Balaban J connectivity index is 2.23. The zero-order valence-electron chi connectivity index (χ0n) is 14.3. The minimum atomic E-state index is -0.371. The number of hydrogen-bond acceptors (Lipinski definition) is 2. The number of para-hydroxylation sites is 2. The van der Waals surface area contributed by atoms with Gasteiger partial charge in [-0.15, -0.1) is 0 Å². The SMILES string of the molecule is CC(N)C(C)(c1ccccc1)N(c1ccccc1)c1ccccc1. The van der Waals surface area contributed by atoms with Crippen LogP contribution in [-0.2, 0) is 5.54 Å². The molecule has 2 heteroatoms. The molecule has 0 radical (unpaired) electrons. The highest BCUT2D eigenvalue weighted by atomic mass is 15.2. The summed E-state index contributed by atoms with van der Waals surface area (Å²) in [7, 11) is 0. The fourth-order valence-electron chi connectivity index (χ4n) is 3.21. The van der Waals surface area contributed by atoms with E-state index in [9.17, 15) is 0 Å². The van der Waals surface area contributed by atoms with Crippen LogP contribution in [0.3, 0.4) is 0 Å². The lowest BCUT2D eigenvalue weighted by molar-refractivity contribution is 0.401. The van der Waals surface area contributed by atoms with Crippen LogP contribution in [0.5, 0.6) is 0 Å². The van der Waals surface area contributed by atoms with E-state index in [2.05, 4.69) is 91.5 Å². The summed E-state index contributed by atoms with van der Waals surface area (Å²) in [6.07, 6.45) is 0. The van der Waals surface area contributed by atoms with Crippen molar-refractivity contribution in [2.45, 2.75) is 25.4 Å². The van der Waals surface area contributed by atoms with Crippen LogP contribution in [0, 0.1) is 0 Å². The van der Waals surface area contributed by atoms with Gasteiger partial charge >= 0.3 is 0 Å². The first-order valence-electron chi connectivity index (χ1n) is 8.35. The van der Waals surface area contributed by atoms with Crippen molar-refractivity contribution in [1.29, 1.82) is 0 Å². The molecule has 0 fully saturated rings. The molecule has 0 aromatic heterocycles. The van der Waals surface area contributed by atoms with Gasteiger partial charge in [-0.3, -0.25) is 0 Å². The van der Waals surface area contributed by atoms with Gasteiger partial charge in [-0.1, -0.05) is 66.7 Å². The van der Waals surface area contributed by atoms with Crippen LogP contribution >= 0.6 is 0 Å². The zero-order valence-corrected chi connectivity index (χ0v) is 14.3. The average Bonchev–Trinajstić information content (AvgIpc) is 2.64. The van der Waals surface area contributed by atoms with Gasteiger partial charge < -0.3 is 10.6 Å². The van der Waals surface area contributed by atoms with Crippen molar-refractivity contribution in [1.82, 2.24) is 0 Å². The van der Waals surface area contributed by atoms with E-state index >= 15 is 0 Å². The molecule has 3 aromatic carbocycles. The van der Waals surface area contributed by atoms with E-state index in [-0.39, 0.29) is 11.6 Å². The lowest BCUT2D eigenvalue weighted by atomic mass is 9.83. The molecule has 122 valence electrons. The lowest BCUT2D eigenvalue weighted by Crippen LogP contribution is -2.52. The van der Waals surface area contributed by atoms with Gasteiger partial charge in [-0.05, 0) is 43.7 Å². The molecule has 0 aliphatic heterocycles. The van der Waals surface area contributed by atoms with Crippen LogP contribution in [-0.4, -0.2) is 6.04 Å². The predicted molar refractivity (Wildman–Crippen MR) is 102 cm³/mol. The van der Waals surface area contributed by atoms with Crippen molar-refractivity contribution in [2.24, 2.45) is 5.73 Å². The molecule has 2 N–H and O–H groups in total. The Morgan fingerprint density at radius 1 is 0.708 bits per heavy atom. The molecule has 0 amide bonds. The van der Waals surface area contributed by atoms with Crippen LogP contribution in [0.15, 0.2) is 91.0 Å². The minimum Gasteiger partial charge on any atom is -0.330 e. The van der Waals surface area contributed by atoms with Gasteiger partial charge in [0.2, 0.25) is 0 Å². The Bertz CT molecular complexity index is 714. The molecule has 0 bridgehead atoms. The summed E-state index contributed by atoms with van der Waals surface area (Å²) in [6.45, 7) is 4.29. The van der Waals surface area contributed by atoms with Gasteiger partial charge in [0, 0.05) is 17.4 Å². The number of rotatable bonds is 5. The maximum absolute atomic E-state index is 6.54. The summed E-state index contributed by atoms with van der Waals surface area (Å²) >= 11 is 0. The highest BCUT2D eigenvalue weighted by Gasteiger charge is 2.38. The third kappa shape index (κ3) is 2.93. The smallest absolute Gasteiger partial charge is 0.0822 e. The number of anilines is 2. The largest absolute Gasteiger partial charge is 0.330 e. The second kappa shape index (κ2) is 6.90. The number of nitrogens with zero attached hydrogens (tertiary/aromatic N) is 1. The third-order valence-corrected chi connectivity index (χ3v) is 4.74. The highest BCUT2D eigenvalue weighted by molar-refractivity contribution is 5.67. The van der Waals surface area contributed by atoms with Crippen LogP contribution in [0.2, 0.25) is 0 Å². The molecule has 2 atom stereocenters. The number of hydrogen-bond donors (Lipinski definition) is 1. The zero-order chi connectivity index (χ0) is 17.0. The summed E-state index contributed by atoms with van der Waals surface area (Å²) in [6, 6.07) is 31.3. The fourth-order valence-corrected chi connectivity index (χ4v) is 3.21. The molecule has 0 aliphatic carbocycles. The second-order valence-corrected chi connectivity index (χ2v) is 6.31. The molecule has 0 saturated heterocycles. The maximum atomic E-state index is 6.54.